The molecule has 6 nitrogen and oxygen atoms in total. The monoisotopic (exact) mass is 259 g/mol. The van der Waals surface area contributed by atoms with Crippen molar-refractivity contribution >= 4 is 11.7 Å². The maximum absolute atomic E-state index is 11.7. The first-order valence-electron chi connectivity index (χ1n) is 6.05. The zero-order valence-electron chi connectivity index (χ0n) is 11.1. The van der Waals surface area contributed by atoms with Gasteiger partial charge in [0.2, 0.25) is 0 Å². The van der Waals surface area contributed by atoms with Crippen LogP contribution in [0.5, 0.6) is 0 Å². The number of H-pyrrole nitrogens is 1. The number of carbonyl (C=O) groups excluding carboxylic acids is 1. The molecule has 0 saturated carbocycles. The van der Waals surface area contributed by atoms with Crippen LogP contribution in [0.3, 0.4) is 0 Å². The number of amides is 1. The van der Waals surface area contributed by atoms with E-state index in [0.29, 0.717) is 5.56 Å². The largest absolute Gasteiger partial charge is 0.370 e. The fourth-order valence-electron chi connectivity index (χ4n) is 1.63. The molecule has 0 spiro atoms. The van der Waals surface area contributed by atoms with Gasteiger partial charge in [0.25, 0.3) is 5.91 Å². The standard InChI is InChI=1S/C13H17N5O/c1-18(2)13(19)10-3-4-12(16-7-10)15-6-5-11-8-14-9-17-11/h3-4,7-9H,5-6H2,1-2H3,(H,14,17)(H,15,16). The quantitative estimate of drug-likeness (QED) is 0.845. The Labute approximate surface area is 111 Å². The third-order valence-corrected chi connectivity index (χ3v) is 2.67. The molecular weight excluding hydrogens is 242 g/mol. The molecule has 2 N–H and O–H groups in total. The maximum atomic E-state index is 11.7. The van der Waals surface area contributed by atoms with Crippen LogP contribution in [-0.2, 0) is 6.42 Å². The minimum absolute atomic E-state index is 0.0449. The summed E-state index contributed by atoms with van der Waals surface area (Å²) in [6.45, 7) is 0.760. The third kappa shape index (κ3) is 3.54. The van der Waals surface area contributed by atoms with Gasteiger partial charge in [0, 0.05) is 45.1 Å². The number of nitrogens with zero attached hydrogens (tertiary/aromatic N) is 3. The molecular formula is C13H17N5O. The van der Waals surface area contributed by atoms with Crippen molar-refractivity contribution in [2.24, 2.45) is 0 Å². The number of aromatic amines is 1. The van der Waals surface area contributed by atoms with Gasteiger partial charge in [-0.2, -0.15) is 0 Å². The number of hydrogen-bond donors (Lipinski definition) is 2. The zero-order chi connectivity index (χ0) is 13.7. The van der Waals surface area contributed by atoms with Crippen LogP contribution in [0.25, 0.3) is 0 Å². The molecule has 2 rings (SSSR count). The number of pyridine rings is 1. The van der Waals surface area contributed by atoms with Crippen molar-refractivity contribution in [3.8, 4) is 0 Å². The summed E-state index contributed by atoms with van der Waals surface area (Å²) >= 11 is 0. The lowest BCUT2D eigenvalue weighted by Crippen LogP contribution is -2.21. The first-order valence-corrected chi connectivity index (χ1v) is 6.05. The summed E-state index contributed by atoms with van der Waals surface area (Å²) in [6, 6.07) is 3.58. The first kappa shape index (κ1) is 13.1. The number of carbonyl (C=O) groups is 1. The van der Waals surface area contributed by atoms with Gasteiger partial charge >= 0.3 is 0 Å². The second-order valence-corrected chi connectivity index (χ2v) is 4.39. The lowest BCUT2D eigenvalue weighted by molar-refractivity contribution is 0.0827. The van der Waals surface area contributed by atoms with Crippen LogP contribution in [0.15, 0.2) is 30.9 Å². The van der Waals surface area contributed by atoms with E-state index in [1.165, 1.54) is 4.90 Å². The molecule has 1 amide bonds. The molecule has 6 heteroatoms. The molecule has 0 bridgehead atoms. The Hall–Kier alpha value is -2.37. The van der Waals surface area contributed by atoms with E-state index in [1.54, 1.807) is 38.9 Å². The van der Waals surface area contributed by atoms with Crippen LogP contribution in [0.2, 0.25) is 0 Å². The smallest absolute Gasteiger partial charge is 0.254 e. The highest BCUT2D eigenvalue weighted by Crippen LogP contribution is 2.07. The van der Waals surface area contributed by atoms with Gasteiger partial charge in [-0.1, -0.05) is 0 Å². The van der Waals surface area contributed by atoms with Gasteiger partial charge < -0.3 is 15.2 Å². The molecule has 0 saturated heterocycles. The Balaban J connectivity index is 1.86. The Morgan fingerprint density at radius 3 is 2.79 bits per heavy atom. The molecule has 0 aliphatic rings. The van der Waals surface area contributed by atoms with Gasteiger partial charge in [-0.25, -0.2) is 9.97 Å². The topological polar surface area (TPSA) is 73.9 Å². The van der Waals surface area contributed by atoms with Crippen LogP contribution in [0, 0.1) is 0 Å². The van der Waals surface area contributed by atoms with E-state index in [0.717, 1.165) is 24.5 Å². The lowest BCUT2D eigenvalue weighted by Gasteiger charge is -2.10. The average Bonchev–Trinajstić information content (AvgIpc) is 2.92. The van der Waals surface area contributed by atoms with Crippen LogP contribution in [-0.4, -0.2) is 46.4 Å². The number of imidazole rings is 1. The molecule has 0 aliphatic carbocycles. The molecule has 2 aromatic rings. The molecule has 100 valence electrons. The second kappa shape index (κ2) is 5.99. The fourth-order valence-corrected chi connectivity index (χ4v) is 1.63. The molecule has 0 fully saturated rings. The van der Waals surface area contributed by atoms with Crippen LogP contribution in [0.4, 0.5) is 5.82 Å². The third-order valence-electron chi connectivity index (χ3n) is 2.67. The van der Waals surface area contributed by atoms with Crippen molar-refractivity contribution in [1.29, 1.82) is 0 Å². The van der Waals surface area contributed by atoms with Gasteiger partial charge in [0.1, 0.15) is 5.82 Å². The Morgan fingerprint density at radius 1 is 1.37 bits per heavy atom. The van der Waals surface area contributed by atoms with E-state index >= 15 is 0 Å². The SMILES string of the molecule is CN(C)C(=O)c1ccc(NCCc2cnc[nH]2)nc1. The van der Waals surface area contributed by atoms with Crippen molar-refractivity contribution < 1.29 is 4.79 Å². The number of hydrogen-bond acceptors (Lipinski definition) is 4. The van der Waals surface area contributed by atoms with E-state index in [1.807, 2.05) is 6.07 Å². The van der Waals surface area contributed by atoms with Crippen LogP contribution >= 0.6 is 0 Å². The summed E-state index contributed by atoms with van der Waals surface area (Å²) in [5, 5.41) is 3.19. The van der Waals surface area contributed by atoms with E-state index in [9.17, 15) is 4.79 Å². The van der Waals surface area contributed by atoms with Crippen molar-refractivity contribution in [1.82, 2.24) is 19.9 Å². The summed E-state index contributed by atoms with van der Waals surface area (Å²) in [5.41, 5.74) is 1.66. The average molecular weight is 259 g/mol. The Bertz CT molecular complexity index is 518. The lowest BCUT2D eigenvalue weighted by atomic mass is 10.2. The second-order valence-electron chi connectivity index (χ2n) is 4.39. The van der Waals surface area contributed by atoms with Gasteiger partial charge in [-0.05, 0) is 12.1 Å². The minimum atomic E-state index is -0.0449. The molecule has 0 aromatic carbocycles. The van der Waals surface area contributed by atoms with E-state index in [-0.39, 0.29) is 5.91 Å². The molecule has 0 radical (unpaired) electrons. The number of rotatable bonds is 5. The van der Waals surface area contributed by atoms with E-state index in [4.69, 9.17) is 0 Å². The highest BCUT2D eigenvalue weighted by molar-refractivity contribution is 5.93. The van der Waals surface area contributed by atoms with Gasteiger partial charge in [0.15, 0.2) is 0 Å². The highest BCUT2D eigenvalue weighted by Gasteiger charge is 2.07. The summed E-state index contributed by atoms with van der Waals surface area (Å²) < 4.78 is 0. The van der Waals surface area contributed by atoms with Crippen molar-refractivity contribution in [3.05, 3.63) is 42.1 Å². The van der Waals surface area contributed by atoms with E-state index in [2.05, 4.69) is 20.3 Å². The summed E-state index contributed by atoms with van der Waals surface area (Å²) in [4.78, 5) is 24.4. The predicted octanol–water partition coefficient (Wildman–Crippen LogP) is 1.16. The van der Waals surface area contributed by atoms with Gasteiger partial charge in [-0.3, -0.25) is 4.79 Å². The molecule has 0 aliphatic heterocycles. The van der Waals surface area contributed by atoms with Crippen LogP contribution in [0.1, 0.15) is 16.1 Å². The fraction of sp³-hybridized carbons (Fsp3) is 0.308. The first-order chi connectivity index (χ1) is 9.16. The summed E-state index contributed by atoms with van der Waals surface area (Å²) in [5.74, 6) is 0.714. The predicted molar refractivity (Wildman–Crippen MR) is 73.0 cm³/mol. The molecule has 2 aromatic heterocycles. The molecule has 2 heterocycles. The van der Waals surface area contributed by atoms with Crippen molar-refractivity contribution in [2.75, 3.05) is 26.0 Å². The van der Waals surface area contributed by atoms with Gasteiger partial charge in [-0.15, -0.1) is 0 Å². The normalized spacial score (nSPS) is 10.2. The number of anilines is 1. The Kier molecular flexibility index (Phi) is 4.12. The summed E-state index contributed by atoms with van der Waals surface area (Å²) in [7, 11) is 3.44. The zero-order valence-corrected chi connectivity index (χ0v) is 11.1. The number of nitrogens with one attached hydrogen (secondary N) is 2. The number of aromatic nitrogens is 3. The molecule has 0 unspecified atom stereocenters. The summed E-state index contributed by atoms with van der Waals surface area (Å²) in [6.07, 6.45) is 5.89. The Morgan fingerprint density at radius 2 is 2.21 bits per heavy atom. The van der Waals surface area contributed by atoms with Crippen molar-refractivity contribution in [2.45, 2.75) is 6.42 Å². The van der Waals surface area contributed by atoms with Crippen molar-refractivity contribution in [3.63, 3.8) is 0 Å². The molecule has 0 atom stereocenters. The minimum Gasteiger partial charge on any atom is -0.370 e. The van der Waals surface area contributed by atoms with Crippen LogP contribution < -0.4 is 5.32 Å². The highest BCUT2D eigenvalue weighted by atomic mass is 16.2. The molecule has 19 heavy (non-hydrogen) atoms. The maximum Gasteiger partial charge on any atom is 0.254 e. The van der Waals surface area contributed by atoms with Gasteiger partial charge in [0.05, 0.1) is 11.9 Å². The van der Waals surface area contributed by atoms with E-state index < -0.39 is 0 Å².